The van der Waals surface area contributed by atoms with Crippen molar-refractivity contribution in [2.24, 2.45) is 0 Å². The van der Waals surface area contributed by atoms with Crippen LogP contribution in [-0.2, 0) is 4.79 Å². The van der Waals surface area contributed by atoms with Crippen molar-refractivity contribution in [2.45, 2.75) is 12.8 Å². The van der Waals surface area contributed by atoms with Crippen LogP contribution in [0.2, 0.25) is 0 Å². The van der Waals surface area contributed by atoms with E-state index in [0.29, 0.717) is 24.4 Å². The van der Waals surface area contributed by atoms with E-state index in [9.17, 15) is 19.1 Å². The van der Waals surface area contributed by atoms with Crippen LogP contribution in [0.4, 0.5) is 15.8 Å². The van der Waals surface area contributed by atoms with Gasteiger partial charge in [0.2, 0.25) is 5.91 Å². The van der Waals surface area contributed by atoms with Crippen LogP contribution in [0.25, 0.3) is 0 Å². The number of phenols is 1. The number of benzene rings is 2. The predicted octanol–water partition coefficient (Wildman–Crippen LogP) is 2.92. The van der Waals surface area contributed by atoms with Crippen molar-refractivity contribution in [2.75, 3.05) is 23.9 Å². The quantitative estimate of drug-likeness (QED) is 0.894. The molecule has 2 aromatic carbocycles. The van der Waals surface area contributed by atoms with Crippen molar-refractivity contribution < 1.29 is 23.8 Å². The van der Waals surface area contributed by atoms with E-state index in [4.69, 9.17) is 4.74 Å². The Hall–Kier alpha value is -3.09. The van der Waals surface area contributed by atoms with Crippen molar-refractivity contribution in [3.63, 3.8) is 0 Å². The van der Waals surface area contributed by atoms with Gasteiger partial charge in [-0.1, -0.05) is 0 Å². The molecular weight excluding hydrogens is 327 g/mol. The maximum absolute atomic E-state index is 14.1. The number of aromatic hydroxyl groups is 1. The minimum Gasteiger partial charge on any atom is -0.508 e. The van der Waals surface area contributed by atoms with E-state index in [2.05, 4.69) is 5.32 Å². The van der Waals surface area contributed by atoms with Crippen LogP contribution in [0.5, 0.6) is 11.5 Å². The molecule has 0 spiro atoms. The fraction of sp³-hybridized carbons (Fsp3) is 0.222. The van der Waals surface area contributed by atoms with E-state index in [1.165, 1.54) is 48.4 Å². The third-order valence-electron chi connectivity index (χ3n) is 3.96. The van der Waals surface area contributed by atoms with E-state index in [1.807, 2.05) is 0 Å². The molecule has 6 nitrogen and oxygen atoms in total. The molecule has 25 heavy (non-hydrogen) atoms. The zero-order valence-electron chi connectivity index (χ0n) is 13.6. The zero-order chi connectivity index (χ0) is 18.0. The lowest BCUT2D eigenvalue weighted by Crippen LogP contribution is -2.24. The number of nitrogens with zero attached hydrogens (tertiary/aromatic N) is 1. The van der Waals surface area contributed by atoms with E-state index >= 15 is 0 Å². The Kier molecular flexibility index (Phi) is 4.56. The van der Waals surface area contributed by atoms with Gasteiger partial charge < -0.3 is 20.1 Å². The number of hydrogen-bond acceptors (Lipinski definition) is 4. The van der Waals surface area contributed by atoms with Gasteiger partial charge >= 0.3 is 0 Å². The van der Waals surface area contributed by atoms with Gasteiger partial charge in [-0.25, -0.2) is 4.39 Å². The van der Waals surface area contributed by atoms with Gasteiger partial charge in [0, 0.05) is 42.5 Å². The smallest absolute Gasteiger partial charge is 0.258 e. The van der Waals surface area contributed by atoms with Crippen LogP contribution >= 0.6 is 0 Å². The van der Waals surface area contributed by atoms with Crippen molar-refractivity contribution >= 4 is 23.2 Å². The Morgan fingerprint density at radius 3 is 2.76 bits per heavy atom. The zero-order valence-corrected chi connectivity index (χ0v) is 13.6. The maximum Gasteiger partial charge on any atom is 0.258 e. The summed E-state index contributed by atoms with van der Waals surface area (Å²) in [7, 11) is 1.43. The summed E-state index contributed by atoms with van der Waals surface area (Å²) in [6, 6.07) is 8.21. The molecule has 3 rings (SSSR count). The molecule has 1 heterocycles. The first-order chi connectivity index (χ1) is 12.0. The van der Waals surface area contributed by atoms with Gasteiger partial charge in [-0.3, -0.25) is 9.59 Å². The van der Waals surface area contributed by atoms with Crippen LogP contribution in [0.3, 0.4) is 0 Å². The summed E-state index contributed by atoms with van der Waals surface area (Å²) in [6.07, 6.45) is 1.18. The van der Waals surface area contributed by atoms with E-state index in [-0.39, 0.29) is 22.9 Å². The Bertz CT molecular complexity index is 838. The van der Waals surface area contributed by atoms with Crippen molar-refractivity contribution in [1.82, 2.24) is 0 Å². The Morgan fingerprint density at radius 1 is 1.28 bits per heavy atom. The SMILES string of the molecule is COc1cc(O)cc(NC(=O)c2cc(N3CCCC3=O)ccc2F)c1. The molecule has 1 saturated heterocycles. The molecule has 7 heteroatoms. The number of anilines is 2. The molecule has 0 aromatic heterocycles. The predicted molar refractivity (Wildman–Crippen MR) is 90.6 cm³/mol. The van der Waals surface area contributed by atoms with Gasteiger partial charge in [0.1, 0.15) is 17.3 Å². The highest BCUT2D eigenvalue weighted by atomic mass is 19.1. The first-order valence-corrected chi connectivity index (χ1v) is 7.77. The lowest BCUT2D eigenvalue weighted by Gasteiger charge is -2.17. The first-order valence-electron chi connectivity index (χ1n) is 7.77. The molecule has 0 aliphatic carbocycles. The summed E-state index contributed by atoms with van der Waals surface area (Å²) >= 11 is 0. The van der Waals surface area contributed by atoms with Crippen LogP contribution in [-0.4, -0.2) is 30.6 Å². The number of carbonyl (C=O) groups is 2. The minimum atomic E-state index is -0.694. The second-order valence-electron chi connectivity index (χ2n) is 5.69. The number of carbonyl (C=O) groups excluding carboxylic acids is 2. The second kappa shape index (κ2) is 6.80. The molecule has 0 bridgehead atoms. The van der Waals surface area contributed by atoms with E-state index in [0.717, 1.165) is 6.42 Å². The highest BCUT2D eigenvalue weighted by molar-refractivity contribution is 6.06. The molecule has 0 unspecified atom stereocenters. The Balaban J connectivity index is 1.86. The van der Waals surface area contributed by atoms with Crippen LogP contribution in [0.15, 0.2) is 36.4 Å². The number of hydrogen-bond donors (Lipinski definition) is 2. The van der Waals surface area contributed by atoms with Gasteiger partial charge in [0.15, 0.2) is 0 Å². The molecule has 2 N–H and O–H groups in total. The minimum absolute atomic E-state index is 0.0457. The average molecular weight is 344 g/mol. The molecule has 1 aliphatic rings. The molecule has 2 aromatic rings. The summed E-state index contributed by atoms with van der Waals surface area (Å²) < 4.78 is 19.1. The molecular formula is C18H17FN2O4. The van der Waals surface area contributed by atoms with Gasteiger partial charge in [0.05, 0.1) is 12.7 Å². The van der Waals surface area contributed by atoms with Crippen LogP contribution in [0.1, 0.15) is 23.2 Å². The summed E-state index contributed by atoms with van der Waals surface area (Å²) in [5.74, 6) is -1.16. The third kappa shape index (κ3) is 3.55. The fourth-order valence-corrected chi connectivity index (χ4v) is 2.75. The molecule has 0 radical (unpaired) electrons. The maximum atomic E-state index is 14.1. The third-order valence-corrected chi connectivity index (χ3v) is 3.96. The number of phenolic OH excluding ortho intramolecular Hbond substituents is 1. The van der Waals surface area contributed by atoms with Crippen molar-refractivity contribution in [3.05, 3.63) is 47.8 Å². The second-order valence-corrected chi connectivity index (χ2v) is 5.69. The van der Waals surface area contributed by atoms with Crippen molar-refractivity contribution in [1.29, 1.82) is 0 Å². The highest BCUT2D eigenvalue weighted by Gasteiger charge is 2.23. The topological polar surface area (TPSA) is 78.9 Å². The molecule has 130 valence electrons. The lowest BCUT2D eigenvalue weighted by molar-refractivity contribution is -0.117. The Labute approximate surface area is 143 Å². The fourth-order valence-electron chi connectivity index (χ4n) is 2.75. The van der Waals surface area contributed by atoms with Gasteiger partial charge in [0.25, 0.3) is 5.91 Å². The summed E-state index contributed by atoms with van der Waals surface area (Å²) in [5.41, 5.74) is 0.575. The monoisotopic (exact) mass is 344 g/mol. The van der Waals surface area contributed by atoms with E-state index < -0.39 is 11.7 Å². The number of ether oxygens (including phenoxy) is 1. The largest absolute Gasteiger partial charge is 0.508 e. The lowest BCUT2D eigenvalue weighted by atomic mass is 10.1. The van der Waals surface area contributed by atoms with Crippen molar-refractivity contribution in [3.8, 4) is 11.5 Å². The first kappa shape index (κ1) is 16.8. The summed E-state index contributed by atoms with van der Waals surface area (Å²) in [5, 5.41) is 12.2. The molecule has 1 fully saturated rings. The normalized spacial score (nSPS) is 13.8. The number of halogens is 1. The summed E-state index contributed by atoms with van der Waals surface area (Å²) in [4.78, 5) is 25.8. The van der Waals surface area contributed by atoms with Gasteiger partial charge in [-0.15, -0.1) is 0 Å². The number of nitrogens with one attached hydrogen (secondary N) is 1. The average Bonchev–Trinajstić information content (AvgIpc) is 3.00. The molecule has 0 atom stereocenters. The highest BCUT2D eigenvalue weighted by Crippen LogP contribution is 2.27. The van der Waals surface area contributed by atoms with Crippen LogP contribution in [0, 0.1) is 5.82 Å². The van der Waals surface area contributed by atoms with E-state index in [1.54, 1.807) is 0 Å². The summed E-state index contributed by atoms with van der Waals surface area (Å²) in [6.45, 7) is 0.551. The Morgan fingerprint density at radius 2 is 2.08 bits per heavy atom. The molecule has 2 amide bonds. The van der Waals surface area contributed by atoms with Gasteiger partial charge in [-0.05, 0) is 24.6 Å². The number of methoxy groups -OCH3 is 1. The van der Waals surface area contributed by atoms with Crippen LogP contribution < -0.4 is 15.0 Å². The molecule has 1 aliphatic heterocycles. The molecule has 0 saturated carbocycles. The number of amides is 2. The number of rotatable bonds is 4. The van der Waals surface area contributed by atoms with Gasteiger partial charge in [-0.2, -0.15) is 0 Å². The standard InChI is InChI=1S/C18H17FN2O4/c1-25-14-8-11(7-13(22)10-14)20-18(24)15-9-12(4-5-16(15)19)21-6-2-3-17(21)23/h4-5,7-10,22H,2-3,6H2,1H3,(H,20,24).